The number of hydrogen-bond donors (Lipinski definition) is 3. The number of carbonyl (C=O) groups is 1. The Morgan fingerprint density at radius 2 is 1.84 bits per heavy atom. The number of aromatic amines is 1. The quantitative estimate of drug-likeness (QED) is 0.634. The average molecular weight is 376 g/mol. The van der Waals surface area contributed by atoms with Crippen molar-refractivity contribution in [3.63, 3.8) is 0 Å². The number of H-pyrrole nitrogens is 1. The van der Waals surface area contributed by atoms with E-state index in [-0.39, 0.29) is 4.21 Å². The van der Waals surface area contributed by atoms with Crippen LogP contribution in [0.15, 0.2) is 40.6 Å². The number of amides is 1. The fourth-order valence-corrected chi connectivity index (χ4v) is 4.64. The zero-order valence-electron chi connectivity index (χ0n) is 13.5. The minimum Gasteiger partial charge on any atom is -0.366 e. The summed E-state index contributed by atoms with van der Waals surface area (Å²) in [7, 11) is -3.73. The Bertz CT molecular complexity index is 1030. The van der Waals surface area contributed by atoms with Crippen molar-refractivity contribution in [1.82, 2.24) is 10.2 Å². The molecule has 3 rings (SSSR count). The molecular formula is C16H16N4O3S2. The van der Waals surface area contributed by atoms with Gasteiger partial charge in [-0.1, -0.05) is 0 Å². The molecule has 0 bridgehead atoms. The lowest BCUT2D eigenvalue weighted by Crippen LogP contribution is -2.13. The van der Waals surface area contributed by atoms with Gasteiger partial charge in [-0.3, -0.25) is 14.6 Å². The summed E-state index contributed by atoms with van der Waals surface area (Å²) < 4.78 is 27.7. The first-order chi connectivity index (χ1) is 11.8. The lowest BCUT2D eigenvalue weighted by atomic mass is 10.2. The molecule has 0 saturated carbocycles. The third-order valence-electron chi connectivity index (χ3n) is 3.75. The summed E-state index contributed by atoms with van der Waals surface area (Å²) in [5, 5.41) is 7.11. The highest BCUT2D eigenvalue weighted by Gasteiger charge is 2.19. The first-order valence-electron chi connectivity index (χ1n) is 7.32. The highest BCUT2D eigenvalue weighted by atomic mass is 32.2. The summed E-state index contributed by atoms with van der Waals surface area (Å²) in [6.07, 6.45) is 0. The van der Waals surface area contributed by atoms with Crippen molar-refractivity contribution in [2.75, 3.05) is 4.72 Å². The third kappa shape index (κ3) is 3.42. The molecule has 3 aromatic rings. The minimum atomic E-state index is -3.73. The molecular weight excluding hydrogens is 360 g/mol. The van der Waals surface area contributed by atoms with Gasteiger partial charge < -0.3 is 5.73 Å². The molecule has 0 aliphatic carbocycles. The van der Waals surface area contributed by atoms with Gasteiger partial charge in [-0.05, 0) is 55.8 Å². The smallest absolute Gasteiger partial charge is 0.271 e. The predicted molar refractivity (Wildman–Crippen MR) is 97.1 cm³/mol. The Kier molecular flexibility index (Phi) is 4.36. The molecule has 25 heavy (non-hydrogen) atoms. The van der Waals surface area contributed by atoms with Crippen molar-refractivity contribution in [2.24, 2.45) is 5.73 Å². The summed E-state index contributed by atoms with van der Waals surface area (Å²) in [5.41, 5.74) is 8.51. The number of aryl methyl sites for hydroxylation is 1. The number of rotatable bonds is 5. The number of hydrogen-bond acceptors (Lipinski definition) is 5. The zero-order chi connectivity index (χ0) is 18.2. The number of carbonyl (C=O) groups excluding carboxylic acids is 1. The SMILES string of the molecule is Cc1[nH]nc(-c2ccc(S(=O)(=O)Nc3ccc(C(N)=O)cc3)s2)c1C. The van der Waals surface area contributed by atoms with Crippen LogP contribution in [-0.2, 0) is 10.0 Å². The largest absolute Gasteiger partial charge is 0.366 e. The number of thiophene rings is 1. The fourth-order valence-electron chi connectivity index (χ4n) is 2.22. The molecule has 2 heterocycles. The van der Waals surface area contributed by atoms with Crippen LogP contribution in [0.2, 0.25) is 0 Å². The van der Waals surface area contributed by atoms with E-state index in [2.05, 4.69) is 14.9 Å². The molecule has 7 nitrogen and oxygen atoms in total. The molecule has 0 saturated heterocycles. The van der Waals surface area contributed by atoms with Crippen LogP contribution in [-0.4, -0.2) is 24.5 Å². The number of aromatic nitrogens is 2. The normalized spacial score (nSPS) is 11.4. The van der Waals surface area contributed by atoms with Crippen LogP contribution in [0, 0.1) is 13.8 Å². The summed E-state index contributed by atoms with van der Waals surface area (Å²) >= 11 is 1.14. The Labute approximate surface area is 148 Å². The van der Waals surface area contributed by atoms with E-state index in [0.29, 0.717) is 11.3 Å². The lowest BCUT2D eigenvalue weighted by Gasteiger charge is -2.06. The van der Waals surface area contributed by atoms with E-state index in [1.807, 2.05) is 13.8 Å². The van der Waals surface area contributed by atoms with Gasteiger partial charge in [0.25, 0.3) is 10.0 Å². The van der Waals surface area contributed by atoms with Crippen molar-refractivity contribution in [1.29, 1.82) is 0 Å². The molecule has 0 radical (unpaired) electrons. The van der Waals surface area contributed by atoms with Crippen LogP contribution < -0.4 is 10.5 Å². The van der Waals surface area contributed by atoms with E-state index in [9.17, 15) is 13.2 Å². The number of nitrogens with two attached hydrogens (primary N) is 1. The van der Waals surface area contributed by atoms with Gasteiger partial charge in [0.05, 0.1) is 4.88 Å². The molecule has 0 fully saturated rings. The molecule has 1 amide bonds. The maximum absolute atomic E-state index is 12.5. The standard InChI is InChI=1S/C16H16N4O3S2/c1-9-10(2)18-19-15(9)13-7-8-14(24-13)25(22,23)20-12-5-3-11(4-6-12)16(17)21/h3-8,20H,1-2H3,(H2,17,21)(H,18,19). The predicted octanol–water partition coefficient (Wildman–Crippen LogP) is 2.65. The number of nitrogens with one attached hydrogen (secondary N) is 2. The van der Waals surface area contributed by atoms with Crippen LogP contribution in [0.1, 0.15) is 21.6 Å². The van der Waals surface area contributed by atoms with E-state index < -0.39 is 15.9 Å². The van der Waals surface area contributed by atoms with Gasteiger partial charge in [0.1, 0.15) is 9.90 Å². The van der Waals surface area contributed by atoms with Crippen molar-refractivity contribution < 1.29 is 13.2 Å². The van der Waals surface area contributed by atoms with E-state index in [0.717, 1.165) is 33.2 Å². The molecule has 0 aliphatic heterocycles. The molecule has 1 aromatic carbocycles. The molecule has 0 unspecified atom stereocenters. The fraction of sp³-hybridized carbons (Fsp3) is 0.125. The molecule has 0 spiro atoms. The second-order valence-electron chi connectivity index (χ2n) is 5.49. The molecule has 2 aromatic heterocycles. The van der Waals surface area contributed by atoms with Crippen LogP contribution in [0.25, 0.3) is 10.6 Å². The van der Waals surface area contributed by atoms with Gasteiger partial charge in [0.2, 0.25) is 5.91 Å². The van der Waals surface area contributed by atoms with Crippen LogP contribution >= 0.6 is 11.3 Å². The summed E-state index contributed by atoms with van der Waals surface area (Å²) in [6, 6.07) is 9.20. The molecule has 130 valence electrons. The summed E-state index contributed by atoms with van der Waals surface area (Å²) in [6.45, 7) is 3.84. The average Bonchev–Trinajstić information content (AvgIpc) is 3.16. The first kappa shape index (κ1) is 17.2. The number of primary amides is 1. The van der Waals surface area contributed by atoms with Gasteiger partial charge in [-0.15, -0.1) is 11.3 Å². The van der Waals surface area contributed by atoms with Crippen molar-refractivity contribution in [2.45, 2.75) is 18.1 Å². The van der Waals surface area contributed by atoms with E-state index in [1.165, 1.54) is 24.3 Å². The van der Waals surface area contributed by atoms with Crippen LogP contribution in [0.5, 0.6) is 0 Å². The van der Waals surface area contributed by atoms with Gasteiger partial charge >= 0.3 is 0 Å². The second-order valence-corrected chi connectivity index (χ2v) is 8.48. The van der Waals surface area contributed by atoms with E-state index >= 15 is 0 Å². The molecule has 4 N–H and O–H groups in total. The maximum atomic E-state index is 12.5. The van der Waals surface area contributed by atoms with Crippen molar-refractivity contribution in [3.05, 3.63) is 53.2 Å². The first-order valence-corrected chi connectivity index (χ1v) is 9.62. The monoisotopic (exact) mass is 376 g/mol. The number of benzene rings is 1. The summed E-state index contributed by atoms with van der Waals surface area (Å²) in [4.78, 5) is 11.8. The molecule has 0 aliphatic rings. The highest BCUT2D eigenvalue weighted by molar-refractivity contribution is 7.94. The van der Waals surface area contributed by atoms with Crippen molar-refractivity contribution in [3.8, 4) is 10.6 Å². The third-order valence-corrected chi connectivity index (χ3v) is 6.72. The number of anilines is 1. The van der Waals surface area contributed by atoms with Crippen LogP contribution in [0.3, 0.4) is 0 Å². The molecule has 0 atom stereocenters. The summed E-state index contributed by atoms with van der Waals surface area (Å²) in [5.74, 6) is -0.568. The van der Waals surface area contributed by atoms with Crippen LogP contribution in [0.4, 0.5) is 5.69 Å². The minimum absolute atomic E-state index is 0.182. The van der Waals surface area contributed by atoms with E-state index in [4.69, 9.17) is 5.73 Å². The molecule has 9 heteroatoms. The highest BCUT2D eigenvalue weighted by Crippen LogP contribution is 2.32. The Morgan fingerprint density at radius 1 is 1.16 bits per heavy atom. The number of sulfonamides is 1. The maximum Gasteiger partial charge on any atom is 0.271 e. The Hall–Kier alpha value is -2.65. The second kappa shape index (κ2) is 6.34. The van der Waals surface area contributed by atoms with Gasteiger partial charge in [-0.25, -0.2) is 8.42 Å². The van der Waals surface area contributed by atoms with Gasteiger partial charge in [0, 0.05) is 16.9 Å². The van der Waals surface area contributed by atoms with Gasteiger partial charge in [0.15, 0.2) is 0 Å². The Balaban J connectivity index is 1.85. The lowest BCUT2D eigenvalue weighted by molar-refractivity contribution is 0.100. The number of nitrogens with zero attached hydrogens (tertiary/aromatic N) is 1. The topological polar surface area (TPSA) is 118 Å². The Morgan fingerprint density at radius 3 is 2.40 bits per heavy atom. The van der Waals surface area contributed by atoms with Crippen molar-refractivity contribution >= 4 is 33.0 Å². The van der Waals surface area contributed by atoms with E-state index in [1.54, 1.807) is 12.1 Å². The van der Waals surface area contributed by atoms with Gasteiger partial charge in [-0.2, -0.15) is 5.10 Å². The zero-order valence-corrected chi connectivity index (χ0v) is 15.2.